The van der Waals surface area contributed by atoms with Gasteiger partial charge < -0.3 is 10.2 Å². The number of carbonyl (C=O) groups is 2. The molecule has 2 amide bonds. The predicted molar refractivity (Wildman–Crippen MR) is 81.6 cm³/mol. The lowest BCUT2D eigenvalue weighted by Gasteiger charge is -2.35. The molecule has 23 heavy (non-hydrogen) atoms. The van der Waals surface area contributed by atoms with Gasteiger partial charge in [0, 0.05) is 12.7 Å². The predicted octanol–water partition coefficient (Wildman–Crippen LogP) is 2.50. The second kappa shape index (κ2) is 6.43. The van der Waals surface area contributed by atoms with Gasteiger partial charge in [-0.2, -0.15) is 13.2 Å². The van der Waals surface area contributed by atoms with Gasteiger partial charge in [-0.25, -0.2) is 0 Å². The smallest absolute Gasteiger partial charge is 0.337 e. The van der Waals surface area contributed by atoms with Crippen LogP contribution in [-0.4, -0.2) is 40.6 Å². The summed E-state index contributed by atoms with van der Waals surface area (Å²) in [5.74, 6) is -0.534. The minimum atomic E-state index is -4.67. The van der Waals surface area contributed by atoms with E-state index in [4.69, 9.17) is 0 Å². The maximum Gasteiger partial charge on any atom is 0.415 e. The van der Waals surface area contributed by atoms with Crippen LogP contribution in [0.5, 0.6) is 0 Å². The van der Waals surface area contributed by atoms with Crippen LogP contribution in [0.1, 0.15) is 19.4 Å². The van der Waals surface area contributed by atoms with Gasteiger partial charge >= 0.3 is 6.18 Å². The Morgan fingerprint density at radius 2 is 1.87 bits per heavy atom. The summed E-state index contributed by atoms with van der Waals surface area (Å²) >= 11 is 1.34. The number of nitrogens with zero attached hydrogens (tertiary/aromatic N) is 1. The average molecular weight is 346 g/mol. The van der Waals surface area contributed by atoms with Crippen molar-refractivity contribution in [2.75, 3.05) is 11.6 Å². The number of carbonyl (C=O) groups excluding carboxylic acids is 2. The van der Waals surface area contributed by atoms with Gasteiger partial charge in [-0.3, -0.25) is 9.59 Å². The lowest BCUT2D eigenvalue weighted by molar-refractivity contribution is -0.198. The number of nitrogens with one attached hydrogen (secondary N) is 1. The fourth-order valence-corrected chi connectivity index (χ4v) is 3.60. The van der Waals surface area contributed by atoms with E-state index in [2.05, 4.69) is 5.32 Å². The van der Waals surface area contributed by atoms with Crippen LogP contribution < -0.4 is 5.32 Å². The largest absolute Gasteiger partial charge is 0.415 e. The molecule has 2 rings (SSSR count). The molecule has 0 aromatic heterocycles. The molecule has 1 aliphatic heterocycles. The van der Waals surface area contributed by atoms with Crippen LogP contribution in [0.15, 0.2) is 30.3 Å². The number of hydrogen-bond donors (Lipinski definition) is 1. The minimum Gasteiger partial charge on any atom is -0.337 e. The van der Waals surface area contributed by atoms with Crippen molar-refractivity contribution in [3.8, 4) is 0 Å². The Kier molecular flexibility index (Phi) is 4.93. The van der Waals surface area contributed by atoms with E-state index >= 15 is 0 Å². The third kappa shape index (κ3) is 3.46. The fourth-order valence-electron chi connectivity index (χ4n) is 2.38. The van der Waals surface area contributed by atoms with Crippen molar-refractivity contribution in [2.45, 2.75) is 31.6 Å². The van der Waals surface area contributed by atoms with E-state index in [0.717, 1.165) is 6.92 Å². The molecule has 1 aliphatic rings. The van der Waals surface area contributed by atoms with Crippen molar-refractivity contribution < 1.29 is 22.8 Å². The molecule has 126 valence electrons. The second-order valence-electron chi connectivity index (χ2n) is 5.48. The van der Waals surface area contributed by atoms with Gasteiger partial charge in [0.05, 0.1) is 5.88 Å². The van der Waals surface area contributed by atoms with E-state index in [0.29, 0.717) is 5.88 Å². The highest BCUT2D eigenvalue weighted by molar-refractivity contribution is 7.99. The van der Waals surface area contributed by atoms with Crippen molar-refractivity contribution in [3.05, 3.63) is 35.9 Å². The van der Waals surface area contributed by atoms with Crippen LogP contribution in [0.3, 0.4) is 0 Å². The molecule has 1 saturated heterocycles. The number of thioether (sulfide) groups is 1. The molecule has 0 aliphatic carbocycles. The van der Waals surface area contributed by atoms with E-state index in [9.17, 15) is 22.8 Å². The molecule has 0 radical (unpaired) electrons. The standard InChI is InChI=1S/C15H17F3N2O2S/c1-10(21)20-9-23-8-12(20)13(22)19-14(2,15(16,17)18)11-6-4-3-5-7-11/h3-7,12H,8-9H2,1-2H3,(H,19,22). The molecule has 4 nitrogen and oxygen atoms in total. The molecule has 8 heteroatoms. The summed E-state index contributed by atoms with van der Waals surface area (Å²) in [6.45, 7) is 2.23. The third-order valence-electron chi connectivity index (χ3n) is 3.88. The molecular formula is C15H17F3N2O2S. The molecule has 2 unspecified atom stereocenters. The Hall–Kier alpha value is -1.70. The summed E-state index contributed by atoms with van der Waals surface area (Å²) in [5.41, 5.74) is -2.57. The third-order valence-corrected chi connectivity index (χ3v) is 4.89. The van der Waals surface area contributed by atoms with Crippen LogP contribution in [0.4, 0.5) is 13.2 Å². The SMILES string of the molecule is CC(=O)N1CSCC1C(=O)NC(C)(c1ccccc1)C(F)(F)F. The Morgan fingerprint density at radius 3 is 2.39 bits per heavy atom. The minimum absolute atomic E-state index is 0.0547. The first-order chi connectivity index (χ1) is 10.7. The molecule has 2 atom stereocenters. The van der Waals surface area contributed by atoms with Crippen molar-refractivity contribution in [3.63, 3.8) is 0 Å². The van der Waals surface area contributed by atoms with Gasteiger partial charge in [0.15, 0.2) is 5.54 Å². The molecule has 1 heterocycles. The van der Waals surface area contributed by atoms with Gasteiger partial charge in [-0.05, 0) is 12.5 Å². The first-order valence-corrected chi connectivity index (χ1v) is 8.11. The number of alkyl halides is 3. The number of benzene rings is 1. The maximum atomic E-state index is 13.6. The van der Waals surface area contributed by atoms with E-state index < -0.39 is 23.7 Å². The number of halogens is 3. The summed E-state index contributed by atoms with van der Waals surface area (Å²) in [5, 5.41) is 2.11. The lowest BCUT2D eigenvalue weighted by Crippen LogP contribution is -2.58. The van der Waals surface area contributed by atoms with Crippen molar-refractivity contribution in [2.24, 2.45) is 0 Å². The van der Waals surface area contributed by atoms with E-state index in [1.807, 2.05) is 0 Å². The second-order valence-corrected chi connectivity index (χ2v) is 6.48. The molecule has 1 aromatic carbocycles. The zero-order valence-electron chi connectivity index (χ0n) is 12.7. The number of rotatable bonds is 3. The monoisotopic (exact) mass is 346 g/mol. The molecule has 1 fully saturated rings. The van der Waals surface area contributed by atoms with Crippen LogP contribution in [0, 0.1) is 0 Å². The molecule has 0 spiro atoms. The first kappa shape index (κ1) is 17.7. The van der Waals surface area contributed by atoms with Crippen molar-refractivity contribution in [1.82, 2.24) is 10.2 Å². The first-order valence-electron chi connectivity index (χ1n) is 6.96. The van der Waals surface area contributed by atoms with Crippen molar-refractivity contribution in [1.29, 1.82) is 0 Å². The molecule has 1 N–H and O–H groups in total. The summed E-state index contributed by atoms with van der Waals surface area (Å²) in [6.07, 6.45) is -4.67. The zero-order valence-corrected chi connectivity index (χ0v) is 13.5. The molecule has 0 bridgehead atoms. The fraction of sp³-hybridized carbons (Fsp3) is 0.467. The summed E-state index contributed by atoms with van der Waals surface area (Å²) in [7, 11) is 0. The highest BCUT2D eigenvalue weighted by Gasteiger charge is 2.54. The van der Waals surface area contributed by atoms with Gasteiger partial charge in [0.25, 0.3) is 0 Å². The van der Waals surface area contributed by atoms with Crippen LogP contribution in [0.25, 0.3) is 0 Å². The number of amides is 2. The van der Waals surface area contributed by atoms with Gasteiger partial charge in [-0.15, -0.1) is 11.8 Å². The molecule has 0 saturated carbocycles. The van der Waals surface area contributed by atoms with Crippen molar-refractivity contribution >= 4 is 23.6 Å². The topological polar surface area (TPSA) is 49.4 Å². The molecule has 1 aromatic rings. The number of hydrogen-bond acceptors (Lipinski definition) is 3. The maximum absolute atomic E-state index is 13.6. The summed E-state index contributed by atoms with van der Waals surface area (Å²) in [4.78, 5) is 25.2. The normalized spacial score (nSPS) is 20.9. The molecular weight excluding hydrogens is 329 g/mol. The quantitative estimate of drug-likeness (QED) is 0.915. The highest BCUT2D eigenvalue weighted by Crippen LogP contribution is 2.39. The van der Waals surface area contributed by atoms with Crippen LogP contribution >= 0.6 is 11.8 Å². The highest BCUT2D eigenvalue weighted by atomic mass is 32.2. The summed E-state index contributed by atoms with van der Waals surface area (Å²) < 4.78 is 40.8. The Labute approximate surface area is 136 Å². The Balaban J connectivity index is 2.29. The Morgan fingerprint density at radius 1 is 1.26 bits per heavy atom. The van der Waals surface area contributed by atoms with Gasteiger partial charge in [-0.1, -0.05) is 30.3 Å². The summed E-state index contributed by atoms with van der Waals surface area (Å²) in [6, 6.07) is 6.33. The van der Waals surface area contributed by atoms with E-state index in [1.165, 1.54) is 47.9 Å². The zero-order chi connectivity index (χ0) is 17.3. The van der Waals surface area contributed by atoms with E-state index in [-0.39, 0.29) is 17.2 Å². The van der Waals surface area contributed by atoms with Crippen LogP contribution in [-0.2, 0) is 15.1 Å². The van der Waals surface area contributed by atoms with Gasteiger partial charge in [0.2, 0.25) is 11.8 Å². The van der Waals surface area contributed by atoms with E-state index in [1.54, 1.807) is 6.07 Å². The lowest BCUT2D eigenvalue weighted by atomic mass is 9.90. The average Bonchev–Trinajstić information content (AvgIpc) is 2.96. The van der Waals surface area contributed by atoms with Gasteiger partial charge in [0.1, 0.15) is 6.04 Å². The Bertz CT molecular complexity index is 594. The van der Waals surface area contributed by atoms with Crippen LogP contribution in [0.2, 0.25) is 0 Å².